The zero-order valence-corrected chi connectivity index (χ0v) is 13.8. The van der Waals surface area contributed by atoms with Crippen LogP contribution in [0.2, 0.25) is 0 Å². The predicted octanol–water partition coefficient (Wildman–Crippen LogP) is 3.46. The Bertz CT molecular complexity index is 833. The molecule has 0 N–H and O–H groups in total. The van der Waals surface area contributed by atoms with Gasteiger partial charge in [-0.15, -0.1) is 0 Å². The molecule has 1 fully saturated rings. The highest BCUT2D eigenvalue weighted by Crippen LogP contribution is 2.25. The molecular formula is C19H20O5. The third-order valence-electron chi connectivity index (χ3n) is 4.13. The highest BCUT2D eigenvalue weighted by Gasteiger charge is 2.30. The maximum absolute atomic E-state index is 11.4. The van der Waals surface area contributed by atoms with Gasteiger partial charge in [-0.2, -0.15) is 0 Å². The summed E-state index contributed by atoms with van der Waals surface area (Å²) in [6.45, 7) is 4.30. The van der Waals surface area contributed by atoms with E-state index in [1.165, 1.54) is 6.07 Å². The molecular weight excluding hydrogens is 308 g/mol. The summed E-state index contributed by atoms with van der Waals surface area (Å²) >= 11 is 0. The minimum Gasteiger partial charge on any atom is -0.489 e. The first-order valence-corrected chi connectivity index (χ1v) is 8.04. The van der Waals surface area contributed by atoms with Crippen molar-refractivity contribution in [2.24, 2.45) is 5.92 Å². The molecule has 1 aliphatic rings. The largest absolute Gasteiger partial charge is 0.489 e. The van der Waals surface area contributed by atoms with Gasteiger partial charge in [0.15, 0.2) is 0 Å². The van der Waals surface area contributed by atoms with Gasteiger partial charge in [0.2, 0.25) is 0 Å². The molecule has 5 heteroatoms. The molecule has 2 heterocycles. The van der Waals surface area contributed by atoms with Crippen molar-refractivity contribution in [3.8, 4) is 5.75 Å². The molecule has 2 atom stereocenters. The summed E-state index contributed by atoms with van der Waals surface area (Å²) in [5.74, 6) is 0.523. The zero-order valence-electron chi connectivity index (χ0n) is 13.8. The summed E-state index contributed by atoms with van der Waals surface area (Å²) in [7, 11) is 0. The molecule has 0 unspecified atom stereocenters. The number of esters is 1. The highest BCUT2D eigenvalue weighted by molar-refractivity contribution is 5.77. The number of cyclic esters (lactones) is 1. The van der Waals surface area contributed by atoms with Crippen LogP contribution in [0.4, 0.5) is 0 Å². The Morgan fingerprint density at radius 2 is 2.08 bits per heavy atom. The van der Waals surface area contributed by atoms with E-state index in [0.717, 1.165) is 23.8 Å². The fourth-order valence-corrected chi connectivity index (χ4v) is 2.80. The molecule has 0 saturated carbocycles. The minimum atomic E-state index is -0.379. The molecule has 2 aromatic rings. The fraction of sp³-hybridized carbons (Fsp3) is 0.368. The van der Waals surface area contributed by atoms with Crippen LogP contribution in [0.25, 0.3) is 11.0 Å². The molecule has 5 nitrogen and oxygen atoms in total. The first-order chi connectivity index (χ1) is 11.5. The molecule has 1 aromatic carbocycles. The van der Waals surface area contributed by atoms with E-state index in [0.29, 0.717) is 17.9 Å². The Balaban J connectivity index is 1.57. The number of rotatable bonds is 5. The number of ether oxygens (including phenoxy) is 2. The number of carbonyl (C=O) groups is 1. The molecule has 0 radical (unpaired) electrons. The van der Waals surface area contributed by atoms with Crippen LogP contribution in [0.3, 0.4) is 0 Å². The third-order valence-corrected chi connectivity index (χ3v) is 4.13. The summed E-state index contributed by atoms with van der Waals surface area (Å²) in [5.41, 5.74) is 1.25. The predicted molar refractivity (Wildman–Crippen MR) is 90.0 cm³/mol. The monoisotopic (exact) mass is 328 g/mol. The Labute approximate surface area is 139 Å². The standard InChI is InChI=1S/C19H20O5/c1-12(9-16-10-13(2)19(21)23-16)7-8-22-15-5-3-14-4-6-18(20)24-17(14)11-15/h3-7,11,13,16H,8-10H2,1-2H3/b12-7+/t13-,16+/m0/s1. The van der Waals surface area contributed by atoms with Gasteiger partial charge in [0.05, 0.1) is 5.92 Å². The fourth-order valence-electron chi connectivity index (χ4n) is 2.80. The average Bonchev–Trinajstić information content (AvgIpc) is 2.84. The summed E-state index contributed by atoms with van der Waals surface area (Å²) in [4.78, 5) is 22.7. The van der Waals surface area contributed by atoms with Gasteiger partial charge in [-0.25, -0.2) is 4.79 Å². The number of carbonyl (C=O) groups excluding carboxylic acids is 1. The summed E-state index contributed by atoms with van der Waals surface area (Å²) in [5, 5.41) is 0.853. The van der Waals surface area contributed by atoms with E-state index in [1.807, 2.05) is 32.1 Å². The van der Waals surface area contributed by atoms with Crippen LogP contribution in [0.5, 0.6) is 5.75 Å². The van der Waals surface area contributed by atoms with E-state index < -0.39 is 0 Å². The zero-order chi connectivity index (χ0) is 17.1. The minimum absolute atomic E-state index is 0.00805. The van der Waals surface area contributed by atoms with E-state index in [4.69, 9.17) is 13.9 Å². The van der Waals surface area contributed by atoms with Gasteiger partial charge >= 0.3 is 11.6 Å². The number of benzene rings is 1. The van der Waals surface area contributed by atoms with Crippen LogP contribution in [0.15, 0.2) is 51.2 Å². The second kappa shape index (κ2) is 6.91. The molecule has 0 aliphatic carbocycles. The number of fused-ring (bicyclic) bond motifs is 1. The van der Waals surface area contributed by atoms with Crippen LogP contribution in [0.1, 0.15) is 26.7 Å². The molecule has 126 valence electrons. The average molecular weight is 328 g/mol. The van der Waals surface area contributed by atoms with E-state index in [2.05, 4.69) is 0 Å². The smallest absolute Gasteiger partial charge is 0.336 e. The first kappa shape index (κ1) is 16.3. The van der Waals surface area contributed by atoms with Gasteiger partial charge in [0.25, 0.3) is 0 Å². The first-order valence-electron chi connectivity index (χ1n) is 8.04. The summed E-state index contributed by atoms with van der Waals surface area (Å²) in [6.07, 6.45) is 3.45. The van der Waals surface area contributed by atoms with Gasteiger partial charge in [-0.3, -0.25) is 4.79 Å². The molecule has 1 aliphatic heterocycles. The van der Waals surface area contributed by atoms with Crippen molar-refractivity contribution < 1.29 is 18.7 Å². The SMILES string of the molecule is C/C(=C\COc1ccc2ccc(=O)oc2c1)C[C@@H]1C[C@H](C)C(=O)O1. The molecule has 0 spiro atoms. The highest BCUT2D eigenvalue weighted by atomic mass is 16.5. The van der Waals surface area contributed by atoms with Crippen LogP contribution < -0.4 is 10.4 Å². The summed E-state index contributed by atoms with van der Waals surface area (Å²) < 4.78 is 16.1. The van der Waals surface area contributed by atoms with Crippen molar-refractivity contribution in [3.05, 3.63) is 52.4 Å². The maximum Gasteiger partial charge on any atom is 0.336 e. The quantitative estimate of drug-likeness (QED) is 0.478. The van der Waals surface area contributed by atoms with E-state index in [9.17, 15) is 9.59 Å². The normalized spacial score (nSPS) is 21.1. The van der Waals surface area contributed by atoms with Crippen LogP contribution in [0, 0.1) is 5.92 Å². The Morgan fingerprint density at radius 3 is 2.83 bits per heavy atom. The van der Waals surface area contributed by atoms with E-state index >= 15 is 0 Å². The second-order valence-corrected chi connectivity index (χ2v) is 6.22. The molecule has 3 rings (SSSR count). The van der Waals surface area contributed by atoms with Crippen molar-refractivity contribution in [2.45, 2.75) is 32.8 Å². The second-order valence-electron chi connectivity index (χ2n) is 6.22. The summed E-state index contributed by atoms with van der Waals surface area (Å²) in [6, 6.07) is 8.51. The van der Waals surface area contributed by atoms with Crippen LogP contribution >= 0.6 is 0 Å². The molecule has 0 bridgehead atoms. The van der Waals surface area contributed by atoms with Crippen molar-refractivity contribution in [1.82, 2.24) is 0 Å². The number of hydrogen-bond donors (Lipinski definition) is 0. The van der Waals surface area contributed by atoms with Gasteiger partial charge in [-0.1, -0.05) is 12.5 Å². The number of hydrogen-bond acceptors (Lipinski definition) is 5. The van der Waals surface area contributed by atoms with E-state index in [-0.39, 0.29) is 23.6 Å². The van der Waals surface area contributed by atoms with Crippen molar-refractivity contribution in [3.63, 3.8) is 0 Å². The van der Waals surface area contributed by atoms with Gasteiger partial charge in [0.1, 0.15) is 24.0 Å². The molecule has 1 saturated heterocycles. The molecule has 24 heavy (non-hydrogen) atoms. The Kier molecular flexibility index (Phi) is 4.69. The van der Waals surface area contributed by atoms with Gasteiger partial charge < -0.3 is 13.9 Å². The van der Waals surface area contributed by atoms with Crippen molar-refractivity contribution >= 4 is 16.9 Å². The maximum atomic E-state index is 11.4. The Morgan fingerprint density at radius 1 is 1.29 bits per heavy atom. The Hall–Kier alpha value is -2.56. The van der Waals surface area contributed by atoms with Crippen molar-refractivity contribution in [2.75, 3.05) is 6.61 Å². The molecule has 1 aromatic heterocycles. The lowest BCUT2D eigenvalue weighted by atomic mass is 10.0. The lowest BCUT2D eigenvalue weighted by Gasteiger charge is -2.10. The third kappa shape index (κ3) is 3.85. The van der Waals surface area contributed by atoms with Crippen molar-refractivity contribution in [1.29, 1.82) is 0 Å². The van der Waals surface area contributed by atoms with Gasteiger partial charge in [-0.05, 0) is 37.6 Å². The van der Waals surface area contributed by atoms with E-state index in [1.54, 1.807) is 12.1 Å². The molecule has 0 amide bonds. The van der Waals surface area contributed by atoms with Crippen LogP contribution in [-0.4, -0.2) is 18.7 Å². The lowest BCUT2D eigenvalue weighted by molar-refractivity contribution is -0.143. The topological polar surface area (TPSA) is 65.7 Å². The van der Waals surface area contributed by atoms with Crippen LogP contribution in [-0.2, 0) is 9.53 Å². The van der Waals surface area contributed by atoms with Gasteiger partial charge in [0, 0.05) is 23.9 Å². The lowest BCUT2D eigenvalue weighted by Crippen LogP contribution is -2.07.